The van der Waals surface area contributed by atoms with E-state index in [1.807, 2.05) is 36.4 Å². The molecule has 2 amide bonds. The third-order valence-corrected chi connectivity index (χ3v) is 7.43. The van der Waals surface area contributed by atoms with Gasteiger partial charge in [0.25, 0.3) is 5.92 Å². The molecule has 3 aliphatic rings. The molecular weight excluding hydrogens is 458 g/mol. The molecule has 7 nitrogen and oxygen atoms in total. The SMILES string of the molecule is O=C(N[C@@H]1CC[C@H](C(=O)NC[C@H]2[C@@H](C(=O)O)C2(F)F)C1)OCC1c2ccccc2-c2ccccc21. The van der Waals surface area contributed by atoms with Crippen molar-refractivity contribution >= 4 is 18.0 Å². The van der Waals surface area contributed by atoms with Gasteiger partial charge in [-0.05, 0) is 41.5 Å². The lowest BCUT2D eigenvalue weighted by atomic mass is 9.98. The van der Waals surface area contributed by atoms with Crippen LogP contribution in [-0.2, 0) is 14.3 Å². The molecular formula is C26H26F2N2O5. The van der Waals surface area contributed by atoms with Crippen molar-refractivity contribution in [1.29, 1.82) is 0 Å². The lowest BCUT2D eigenvalue weighted by molar-refractivity contribution is -0.141. The number of hydrogen-bond donors (Lipinski definition) is 3. The zero-order chi connectivity index (χ0) is 24.7. The van der Waals surface area contributed by atoms with Crippen molar-refractivity contribution < 1.29 is 33.0 Å². The van der Waals surface area contributed by atoms with Gasteiger partial charge in [0.05, 0.1) is 5.92 Å². The smallest absolute Gasteiger partial charge is 0.407 e. The predicted octanol–water partition coefficient (Wildman–Crippen LogP) is 3.78. The highest BCUT2D eigenvalue weighted by molar-refractivity contribution is 5.81. The number of carboxylic acids is 1. The summed E-state index contributed by atoms with van der Waals surface area (Å²) in [6, 6.07) is 15.8. The summed E-state index contributed by atoms with van der Waals surface area (Å²) in [6.07, 6.45) is 0.891. The Morgan fingerprint density at radius 1 is 1.00 bits per heavy atom. The van der Waals surface area contributed by atoms with Gasteiger partial charge in [0.2, 0.25) is 5.91 Å². The molecule has 0 bridgehead atoms. The maximum absolute atomic E-state index is 13.5. The summed E-state index contributed by atoms with van der Waals surface area (Å²) in [7, 11) is 0. The summed E-state index contributed by atoms with van der Waals surface area (Å²) in [5.74, 6) is -8.83. The van der Waals surface area contributed by atoms with Gasteiger partial charge in [0, 0.05) is 24.4 Å². The molecule has 3 aliphatic carbocycles. The van der Waals surface area contributed by atoms with Crippen LogP contribution in [0.5, 0.6) is 0 Å². The van der Waals surface area contributed by atoms with Gasteiger partial charge < -0.3 is 20.5 Å². The third kappa shape index (κ3) is 4.35. The first kappa shape index (κ1) is 23.3. The number of carbonyl (C=O) groups is 3. The zero-order valence-electron chi connectivity index (χ0n) is 18.9. The molecule has 184 valence electrons. The molecule has 0 unspecified atom stereocenters. The fraction of sp³-hybridized carbons (Fsp3) is 0.423. The summed E-state index contributed by atoms with van der Waals surface area (Å²) in [6.45, 7) is -0.180. The van der Waals surface area contributed by atoms with E-state index in [9.17, 15) is 23.2 Å². The Balaban J connectivity index is 1.09. The Morgan fingerprint density at radius 2 is 1.63 bits per heavy atom. The third-order valence-electron chi connectivity index (χ3n) is 7.43. The van der Waals surface area contributed by atoms with Gasteiger partial charge in [0.15, 0.2) is 0 Å². The number of carbonyl (C=O) groups excluding carboxylic acids is 2. The summed E-state index contributed by atoms with van der Waals surface area (Å²) >= 11 is 0. The van der Waals surface area contributed by atoms with E-state index in [1.54, 1.807) is 0 Å². The molecule has 5 rings (SSSR count). The lowest BCUT2D eigenvalue weighted by Gasteiger charge is -2.17. The average molecular weight is 484 g/mol. The molecule has 0 radical (unpaired) electrons. The molecule has 0 spiro atoms. The summed E-state index contributed by atoms with van der Waals surface area (Å²) in [5, 5.41) is 14.1. The van der Waals surface area contributed by atoms with Crippen LogP contribution in [0.1, 0.15) is 36.3 Å². The van der Waals surface area contributed by atoms with Gasteiger partial charge in [-0.3, -0.25) is 9.59 Å². The van der Waals surface area contributed by atoms with E-state index in [-0.39, 0.29) is 25.1 Å². The monoisotopic (exact) mass is 484 g/mol. The van der Waals surface area contributed by atoms with Crippen molar-refractivity contribution in [1.82, 2.24) is 10.6 Å². The van der Waals surface area contributed by atoms with Crippen molar-refractivity contribution in [3.63, 3.8) is 0 Å². The number of benzene rings is 2. The molecule has 2 fully saturated rings. The Morgan fingerprint density at radius 3 is 2.23 bits per heavy atom. The molecule has 2 aromatic carbocycles. The molecule has 0 heterocycles. The Kier molecular flexibility index (Phi) is 5.94. The molecule has 9 heteroatoms. The standard InChI is InChI=1S/C26H26F2N2O5/c27-26(28)21(22(26)24(32)33)12-29-23(31)14-9-10-15(11-14)30-25(34)35-13-20-18-7-3-1-5-16(18)17-6-2-4-8-19(17)20/h1-8,14-15,20-22H,9-13H2,(H,29,31)(H,30,34)(H,32,33)/t14-,15+,21-,22-/m0/s1. The van der Waals surface area contributed by atoms with Crippen molar-refractivity contribution in [2.45, 2.75) is 37.1 Å². The van der Waals surface area contributed by atoms with Gasteiger partial charge in [-0.15, -0.1) is 0 Å². The lowest BCUT2D eigenvalue weighted by Crippen LogP contribution is -2.36. The summed E-state index contributed by atoms with van der Waals surface area (Å²) in [5.41, 5.74) is 4.51. The molecule has 0 aliphatic heterocycles. The summed E-state index contributed by atoms with van der Waals surface area (Å²) in [4.78, 5) is 35.7. The second-order valence-corrected chi connectivity index (χ2v) is 9.52. The molecule has 2 aromatic rings. The van der Waals surface area contributed by atoms with E-state index in [0.717, 1.165) is 22.3 Å². The van der Waals surface area contributed by atoms with Crippen LogP contribution in [0.15, 0.2) is 48.5 Å². The van der Waals surface area contributed by atoms with Crippen molar-refractivity contribution in [2.24, 2.45) is 17.8 Å². The predicted molar refractivity (Wildman–Crippen MR) is 122 cm³/mol. The second-order valence-electron chi connectivity index (χ2n) is 9.52. The number of halogens is 2. The number of carboxylic acid groups (broad SMARTS) is 1. The number of alkyl halides is 2. The Hall–Kier alpha value is -3.49. The number of hydrogen-bond acceptors (Lipinski definition) is 4. The molecule has 0 saturated heterocycles. The average Bonchev–Trinajstić information content (AvgIpc) is 3.13. The number of aliphatic carboxylic acids is 1. The number of amides is 2. The van der Waals surface area contributed by atoms with Gasteiger partial charge >= 0.3 is 12.1 Å². The number of ether oxygens (including phenoxy) is 1. The van der Waals surface area contributed by atoms with Crippen LogP contribution in [0, 0.1) is 17.8 Å². The van der Waals surface area contributed by atoms with Gasteiger partial charge in [-0.1, -0.05) is 48.5 Å². The van der Waals surface area contributed by atoms with Crippen LogP contribution in [0.3, 0.4) is 0 Å². The van der Waals surface area contributed by atoms with E-state index < -0.39 is 41.6 Å². The maximum Gasteiger partial charge on any atom is 0.407 e. The van der Waals surface area contributed by atoms with Crippen LogP contribution in [0.2, 0.25) is 0 Å². The van der Waals surface area contributed by atoms with Crippen molar-refractivity contribution in [3.05, 3.63) is 59.7 Å². The van der Waals surface area contributed by atoms with Crippen LogP contribution in [0.4, 0.5) is 13.6 Å². The Bertz CT molecular complexity index is 1120. The highest BCUT2D eigenvalue weighted by Gasteiger charge is 2.72. The second kappa shape index (κ2) is 8.94. The van der Waals surface area contributed by atoms with Gasteiger partial charge in [-0.2, -0.15) is 0 Å². The summed E-state index contributed by atoms with van der Waals surface area (Å²) < 4.78 is 32.6. The van der Waals surface area contributed by atoms with E-state index >= 15 is 0 Å². The van der Waals surface area contributed by atoms with E-state index in [1.165, 1.54) is 0 Å². The number of alkyl carbamates (subject to hydrolysis) is 1. The van der Waals surface area contributed by atoms with Crippen LogP contribution >= 0.6 is 0 Å². The van der Waals surface area contributed by atoms with Crippen LogP contribution in [-0.4, -0.2) is 48.2 Å². The van der Waals surface area contributed by atoms with Crippen LogP contribution < -0.4 is 10.6 Å². The largest absolute Gasteiger partial charge is 0.481 e. The first-order chi connectivity index (χ1) is 16.8. The van der Waals surface area contributed by atoms with E-state index in [4.69, 9.17) is 9.84 Å². The van der Waals surface area contributed by atoms with E-state index in [2.05, 4.69) is 22.8 Å². The topological polar surface area (TPSA) is 105 Å². The number of fused-ring (bicyclic) bond motifs is 3. The normalized spacial score (nSPS) is 25.9. The quantitative estimate of drug-likeness (QED) is 0.555. The molecule has 2 saturated carbocycles. The maximum atomic E-state index is 13.5. The fourth-order valence-corrected chi connectivity index (χ4v) is 5.49. The van der Waals surface area contributed by atoms with E-state index in [0.29, 0.717) is 19.3 Å². The molecule has 3 N–H and O–H groups in total. The highest BCUT2D eigenvalue weighted by atomic mass is 19.3. The number of nitrogens with one attached hydrogen (secondary N) is 2. The highest BCUT2D eigenvalue weighted by Crippen LogP contribution is 2.55. The van der Waals surface area contributed by atoms with Crippen LogP contribution in [0.25, 0.3) is 11.1 Å². The first-order valence-corrected chi connectivity index (χ1v) is 11.8. The van der Waals surface area contributed by atoms with Gasteiger partial charge in [-0.25, -0.2) is 13.6 Å². The molecule has 0 aromatic heterocycles. The molecule has 35 heavy (non-hydrogen) atoms. The molecule has 4 atom stereocenters. The Labute approximate surface area is 200 Å². The van der Waals surface area contributed by atoms with Crippen molar-refractivity contribution in [2.75, 3.05) is 13.2 Å². The minimum Gasteiger partial charge on any atom is -0.481 e. The first-order valence-electron chi connectivity index (χ1n) is 11.8. The minimum absolute atomic E-state index is 0.0505. The minimum atomic E-state index is -3.29. The van der Waals surface area contributed by atoms with Gasteiger partial charge in [0.1, 0.15) is 12.5 Å². The number of rotatable bonds is 7. The van der Waals surface area contributed by atoms with Crippen molar-refractivity contribution in [3.8, 4) is 11.1 Å². The fourth-order valence-electron chi connectivity index (χ4n) is 5.49. The zero-order valence-corrected chi connectivity index (χ0v) is 18.9.